The number of carbonyl (C=O) groups is 1. The van der Waals surface area contributed by atoms with E-state index in [0.29, 0.717) is 19.0 Å². The van der Waals surface area contributed by atoms with Gasteiger partial charge < -0.3 is 14.2 Å². The standard InChI is InChI=1S/C15H17N3O2/c19-15(16-14-7-4-12-20-14)18-10-8-17(9-11-18)13-5-2-1-3-6-13/h1-7,12H,8-11H2,(H,16,19). The number of piperazine rings is 1. The molecule has 0 unspecified atom stereocenters. The third-order valence-electron chi connectivity index (χ3n) is 3.44. The van der Waals surface area contributed by atoms with Crippen molar-refractivity contribution < 1.29 is 9.21 Å². The van der Waals surface area contributed by atoms with E-state index >= 15 is 0 Å². The molecule has 1 N–H and O–H groups in total. The fourth-order valence-electron chi connectivity index (χ4n) is 2.34. The van der Waals surface area contributed by atoms with Gasteiger partial charge in [0.1, 0.15) is 0 Å². The minimum absolute atomic E-state index is 0.104. The van der Waals surface area contributed by atoms with Crippen molar-refractivity contribution >= 4 is 17.6 Å². The molecule has 5 heteroatoms. The Balaban J connectivity index is 1.54. The third kappa shape index (κ3) is 2.77. The van der Waals surface area contributed by atoms with Gasteiger partial charge in [0.2, 0.25) is 5.88 Å². The number of amides is 2. The Kier molecular flexibility index (Phi) is 3.58. The minimum atomic E-state index is -0.104. The first-order chi connectivity index (χ1) is 9.83. The summed E-state index contributed by atoms with van der Waals surface area (Å²) in [6.07, 6.45) is 1.54. The molecule has 0 bridgehead atoms. The molecule has 1 saturated heterocycles. The number of nitrogens with zero attached hydrogens (tertiary/aromatic N) is 2. The van der Waals surface area contributed by atoms with Crippen LogP contribution in [-0.4, -0.2) is 37.1 Å². The van der Waals surface area contributed by atoms with E-state index < -0.39 is 0 Å². The predicted octanol–water partition coefficient (Wildman–Crippen LogP) is 2.63. The van der Waals surface area contributed by atoms with E-state index in [1.165, 1.54) is 5.69 Å². The Morgan fingerprint density at radius 3 is 2.40 bits per heavy atom. The molecule has 1 aromatic heterocycles. The second kappa shape index (κ2) is 5.69. The summed E-state index contributed by atoms with van der Waals surface area (Å²) in [7, 11) is 0. The van der Waals surface area contributed by atoms with Crippen molar-refractivity contribution in [2.75, 3.05) is 36.4 Å². The molecule has 0 aliphatic carbocycles. The highest BCUT2D eigenvalue weighted by Gasteiger charge is 2.21. The fourth-order valence-corrected chi connectivity index (χ4v) is 2.34. The van der Waals surface area contributed by atoms with Gasteiger partial charge >= 0.3 is 6.03 Å². The molecule has 2 aromatic rings. The van der Waals surface area contributed by atoms with Gasteiger partial charge in [-0.15, -0.1) is 0 Å². The van der Waals surface area contributed by atoms with E-state index in [0.717, 1.165) is 13.1 Å². The first-order valence-electron chi connectivity index (χ1n) is 6.72. The van der Waals surface area contributed by atoms with E-state index in [1.807, 2.05) is 23.1 Å². The van der Waals surface area contributed by atoms with Crippen LogP contribution in [0.25, 0.3) is 0 Å². The van der Waals surface area contributed by atoms with Crippen LogP contribution in [0.15, 0.2) is 53.1 Å². The Bertz CT molecular complexity index is 546. The summed E-state index contributed by atoms with van der Waals surface area (Å²) in [5, 5.41) is 2.75. The molecule has 0 saturated carbocycles. The Morgan fingerprint density at radius 2 is 1.75 bits per heavy atom. The number of hydrogen-bond donors (Lipinski definition) is 1. The highest BCUT2D eigenvalue weighted by molar-refractivity contribution is 5.88. The number of hydrogen-bond acceptors (Lipinski definition) is 3. The molecule has 2 heterocycles. The van der Waals surface area contributed by atoms with Crippen LogP contribution in [0.2, 0.25) is 0 Å². The quantitative estimate of drug-likeness (QED) is 0.913. The van der Waals surface area contributed by atoms with Crippen molar-refractivity contribution in [1.29, 1.82) is 0 Å². The Hall–Kier alpha value is -2.43. The molecule has 2 amide bonds. The van der Waals surface area contributed by atoms with Crippen molar-refractivity contribution in [3.63, 3.8) is 0 Å². The lowest BCUT2D eigenvalue weighted by atomic mass is 10.2. The topological polar surface area (TPSA) is 48.7 Å². The van der Waals surface area contributed by atoms with Crippen LogP contribution >= 0.6 is 0 Å². The largest absolute Gasteiger partial charge is 0.449 e. The summed E-state index contributed by atoms with van der Waals surface area (Å²) in [5.74, 6) is 0.487. The molecule has 20 heavy (non-hydrogen) atoms. The molecule has 3 rings (SSSR count). The lowest BCUT2D eigenvalue weighted by Crippen LogP contribution is -2.50. The summed E-state index contributed by atoms with van der Waals surface area (Å²) < 4.78 is 5.12. The van der Waals surface area contributed by atoms with E-state index in [-0.39, 0.29) is 6.03 Å². The first-order valence-corrected chi connectivity index (χ1v) is 6.72. The van der Waals surface area contributed by atoms with Gasteiger partial charge in [0.25, 0.3) is 0 Å². The molecule has 0 atom stereocenters. The number of carbonyl (C=O) groups excluding carboxylic acids is 1. The molecule has 5 nitrogen and oxygen atoms in total. The van der Waals surface area contributed by atoms with Gasteiger partial charge in [-0.3, -0.25) is 5.32 Å². The van der Waals surface area contributed by atoms with E-state index in [1.54, 1.807) is 18.4 Å². The zero-order chi connectivity index (χ0) is 13.8. The van der Waals surface area contributed by atoms with Crippen molar-refractivity contribution in [3.8, 4) is 0 Å². The maximum Gasteiger partial charge on any atom is 0.324 e. The number of rotatable bonds is 2. The van der Waals surface area contributed by atoms with E-state index in [2.05, 4.69) is 22.3 Å². The third-order valence-corrected chi connectivity index (χ3v) is 3.44. The second-order valence-electron chi connectivity index (χ2n) is 4.72. The fraction of sp³-hybridized carbons (Fsp3) is 0.267. The summed E-state index contributed by atoms with van der Waals surface area (Å²) >= 11 is 0. The van der Waals surface area contributed by atoms with Gasteiger partial charge in [-0.2, -0.15) is 0 Å². The van der Waals surface area contributed by atoms with Crippen LogP contribution in [0, 0.1) is 0 Å². The summed E-state index contributed by atoms with van der Waals surface area (Å²) in [6, 6.07) is 13.7. The summed E-state index contributed by atoms with van der Waals surface area (Å²) in [6.45, 7) is 3.11. The second-order valence-corrected chi connectivity index (χ2v) is 4.72. The zero-order valence-electron chi connectivity index (χ0n) is 11.2. The highest BCUT2D eigenvalue weighted by atomic mass is 16.3. The molecule has 1 aromatic carbocycles. The van der Waals surface area contributed by atoms with Gasteiger partial charge in [-0.25, -0.2) is 4.79 Å². The predicted molar refractivity (Wildman–Crippen MR) is 78.0 cm³/mol. The van der Waals surface area contributed by atoms with Crippen LogP contribution in [0.1, 0.15) is 0 Å². The van der Waals surface area contributed by atoms with Crippen molar-refractivity contribution in [2.24, 2.45) is 0 Å². The molecule has 104 valence electrons. The molecule has 1 aliphatic rings. The van der Waals surface area contributed by atoms with Gasteiger partial charge in [-0.05, 0) is 18.2 Å². The normalized spacial score (nSPS) is 15.2. The number of furan rings is 1. The number of nitrogens with one attached hydrogen (secondary N) is 1. The molecule has 0 radical (unpaired) electrons. The molecule has 1 aliphatic heterocycles. The van der Waals surface area contributed by atoms with E-state index in [4.69, 9.17) is 4.42 Å². The van der Waals surface area contributed by atoms with Crippen molar-refractivity contribution in [3.05, 3.63) is 48.7 Å². The lowest BCUT2D eigenvalue weighted by Gasteiger charge is -2.35. The van der Waals surface area contributed by atoms with Crippen LogP contribution in [-0.2, 0) is 0 Å². The summed E-state index contributed by atoms with van der Waals surface area (Å²) in [5.41, 5.74) is 1.21. The molecular weight excluding hydrogens is 254 g/mol. The Labute approximate surface area is 117 Å². The van der Waals surface area contributed by atoms with Crippen molar-refractivity contribution in [1.82, 2.24) is 4.90 Å². The monoisotopic (exact) mass is 271 g/mol. The van der Waals surface area contributed by atoms with Gasteiger partial charge in [0.15, 0.2) is 0 Å². The first kappa shape index (κ1) is 12.6. The number of para-hydroxylation sites is 1. The highest BCUT2D eigenvalue weighted by Crippen LogP contribution is 2.16. The maximum absolute atomic E-state index is 12.0. The van der Waals surface area contributed by atoms with E-state index in [9.17, 15) is 4.79 Å². The molecule has 0 spiro atoms. The van der Waals surface area contributed by atoms with Crippen LogP contribution in [0.4, 0.5) is 16.4 Å². The van der Waals surface area contributed by atoms with Crippen LogP contribution in [0.3, 0.4) is 0 Å². The molecular formula is C15H17N3O2. The Morgan fingerprint density at radius 1 is 1.00 bits per heavy atom. The van der Waals surface area contributed by atoms with Gasteiger partial charge in [0, 0.05) is 37.9 Å². The average Bonchev–Trinajstić information content (AvgIpc) is 3.01. The zero-order valence-corrected chi connectivity index (χ0v) is 11.2. The van der Waals surface area contributed by atoms with Gasteiger partial charge in [0.05, 0.1) is 6.26 Å². The lowest BCUT2D eigenvalue weighted by molar-refractivity contribution is 0.207. The SMILES string of the molecule is O=C(Nc1ccco1)N1CCN(c2ccccc2)CC1. The van der Waals surface area contributed by atoms with Crippen LogP contribution in [0.5, 0.6) is 0 Å². The number of anilines is 2. The van der Waals surface area contributed by atoms with Crippen LogP contribution < -0.4 is 10.2 Å². The summed E-state index contributed by atoms with van der Waals surface area (Å²) in [4.78, 5) is 16.1. The minimum Gasteiger partial charge on any atom is -0.449 e. The average molecular weight is 271 g/mol. The number of urea groups is 1. The van der Waals surface area contributed by atoms with Crippen molar-refractivity contribution in [2.45, 2.75) is 0 Å². The maximum atomic E-state index is 12.0. The van der Waals surface area contributed by atoms with Gasteiger partial charge in [-0.1, -0.05) is 18.2 Å². The number of benzene rings is 1. The smallest absolute Gasteiger partial charge is 0.324 e. The molecule has 1 fully saturated rings.